The summed E-state index contributed by atoms with van der Waals surface area (Å²) >= 11 is 0. The van der Waals surface area contributed by atoms with E-state index in [4.69, 9.17) is 4.74 Å². The number of carbonyl (C=O) groups excluding carboxylic acids is 1. The second-order valence-corrected chi connectivity index (χ2v) is 7.33. The highest BCUT2D eigenvalue weighted by molar-refractivity contribution is 5.80. The molecule has 28 heavy (non-hydrogen) atoms. The Morgan fingerprint density at radius 2 is 1.50 bits per heavy atom. The highest BCUT2D eigenvalue weighted by Crippen LogP contribution is 2.08. The first kappa shape index (κ1) is 20.5. The third-order valence-corrected chi connectivity index (χ3v) is 5.15. The van der Waals surface area contributed by atoms with Crippen molar-refractivity contribution in [2.24, 2.45) is 0 Å². The first-order chi connectivity index (χ1) is 13.7. The van der Waals surface area contributed by atoms with Gasteiger partial charge < -0.3 is 10.1 Å². The molecule has 3 rings (SSSR count). The minimum absolute atomic E-state index is 0.0429. The number of rotatable bonds is 9. The van der Waals surface area contributed by atoms with Crippen molar-refractivity contribution in [2.45, 2.75) is 26.2 Å². The van der Waals surface area contributed by atoms with E-state index in [2.05, 4.69) is 45.4 Å². The molecule has 0 bridgehead atoms. The molecule has 0 spiro atoms. The normalized spacial score (nSPS) is 16.6. The first-order valence-electron chi connectivity index (χ1n) is 10.1. The van der Waals surface area contributed by atoms with E-state index in [0.717, 1.165) is 44.8 Å². The lowest BCUT2D eigenvalue weighted by Gasteiger charge is -2.34. The van der Waals surface area contributed by atoms with Crippen LogP contribution >= 0.6 is 0 Å². The van der Waals surface area contributed by atoms with Crippen molar-refractivity contribution in [3.05, 3.63) is 71.8 Å². The van der Waals surface area contributed by atoms with Gasteiger partial charge >= 0.3 is 0 Å². The zero-order valence-electron chi connectivity index (χ0n) is 16.7. The zero-order chi connectivity index (χ0) is 19.6. The molecule has 2 aromatic rings. The van der Waals surface area contributed by atoms with Gasteiger partial charge in [-0.1, -0.05) is 60.7 Å². The maximum Gasteiger partial charge on any atom is 0.248 e. The second-order valence-electron chi connectivity index (χ2n) is 7.33. The average molecular weight is 382 g/mol. The molecular formula is C23H31N3O2. The molecule has 1 aliphatic rings. The number of carbonyl (C=O) groups is 1. The standard InChI is InChI=1S/C23H31N3O2/c1-20(28-19-22-10-6-3-7-11-22)23(27)24-12-13-25-14-16-26(17-15-25)18-21-8-4-2-5-9-21/h2-11,20H,12-19H2,1H3,(H,24,27). The van der Waals surface area contributed by atoms with E-state index >= 15 is 0 Å². The minimum Gasteiger partial charge on any atom is -0.364 e. The Labute approximate surface area is 168 Å². The Hall–Kier alpha value is -2.21. The smallest absolute Gasteiger partial charge is 0.248 e. The van der Waals surface area contributed by atoms with Gasteiger partial charge in [-0.25, -0.2) is 0 Å². The number of benzene rings is 2. The third kappa shape index (κ3) is 6.75. The molecule has 1 fully saturated rings. The van der Waals surface area contributed by atoms with Crippen molar-refractivity contribution >= 4 is 5.91 Å². The highest BCUT2D eigenvalue weighted by Gasteiger charge is 2.18. The molecule has 2 aromatic carbocycles. The lowest BCUT2D eigenvalue weighted by Crippen LogP contribution is -2.48. The monoisotopic (exact) mass is 381 g/mol. The summed E-state index contributed by atoms with van der Waals surface area (Å²) in [6.45, 7) is 9.05. The van der Waals surface area contributed by atoms with Gasteiger partial charge in [-0.15, -0.1) is 0 Å². The highest BCUT2D eigenvalue weighted by atomic mass is 16.5. The Kier molecular flexibility index (Phi) is 8.03. The van der Waals surface area contributed by atoms with Crippen LogP contribution in [0.3, 0.4) is 0 Å². The number of ether oxygens (including phenoxy) is 1. The van der Waals surface area contributed by atoms with E-state index in [1.807, 2.05) is 30.3 Å². The molecule has 5 heteroatoms. The third-order valence-electron chi connectivity index (χ3n) is 5.15. The predicted molar refractivity (Wildman–Crippen MR) is 112 cm³/mol. The SMILES string of the molecule is CC(OCc1ccccc1)C(=O)NCCN1CCN(Cc2ccccc2)CC1. The molecule has 0 radical (unpaired) electrons. The van der Waals surface area contributed by atoms with E-state index in [1.165, 1.54) is 5.56 Å². The lowest BCUT2D eigenvalue weighted by atomic mass is 10.2. The number of nitrogens with one attached hydrogen (secondary N) is 1. The van der Waals surface area contributed by atoms with Crippen molar-refractivity contribution in [2.75, 3.05) is 39.3 Å². The molecule has 0 aromatic heterocycles. The van der Waals surface area contributed by atoms with E-state index in [9.17, 15) is 4.79 Å². The first-order valence-corrected chi connectivity index (χ1v) is 10.1. The summed E-state index contributed by atoms with van der Waals surface area (Å²) in [7, 11) is 0. The molecule has 1 saturated heterocycles. The molecule has 1 unspecified atom stereocenters. The summed E-state index contributed by atoms with van der Waals surface area (Å²) < 4.78 is 5.67. The molecular weight excluding hydrogens is 350 g/mol. The van der Waals surface area contributed by atoms with Gasteiger partial charge in [0.1, 0.15) is 6.10 Å². The van der Waals surface area contributed by atoms with Crippen molar-refractivity contribution in [1.82, 2.24) is 15.1 Å². The summed E-state index contributed by atoms with van der Waals surface area (Å²) in [4.78, 5) is 17.1. The fourth-order valence-electron chi connectivity index (χ4n) is 3.36. The zero-order valence-corrected chi connectivity index (χ0v) is 16.7. The van der Waals surface area contributed by atoms with Crippen LogP contribution in [0.15, 0.2) is 60.7 Å². The van der Waals surface area contributed by atoms with Crippen molar-refractivity contribution < 1.29 is 9.53 Å². The summed E-state index contributed by atoms with van der Waals surface area (Å²) in [5.41, 5.74) is 2.45. The fourth-order valence-corrected chi connectivity index (χ4v) is 3.36. The number of hydrogen-bond donors (Lipinski definition) is 1. The van der Waals surface area contributed by atoms with Crippen LogP contribution in [-0.2, 0) is 22.7 Å². The van der Waals surface area contributed by atoms with E-state index in [0.29, 0.717) is 13.2 Å². The number of hydrogen-bond acceptors (Lipinski definition) is 4. The predicted octanol–water partition coefficient (Wildman–Crippen LogP) is 2.53. The van der Waals surface area contributed by atoms with Crippen molar-refractivity contribution in [3.8, 4) is 0 Å². The maximum atomic E-state index is 12.2. The van der Waals surface area contributed by atoms with Crippen LogP contribution in [0.1, 0.15) is 18.1 Å². The van der Waals surface area contributed by atoms with E-state index in [1.54, 1.807) is 6.92 Å². The average Bonchev–Trinajstić information content (AvgIpc) is 2.74. The maximum absolute atomic E-state index is 12.2. The van der Waals surface area contributed by atoms with Crippen LogP contribution in [0.25, 0.3) is 0 Å². The number of amides is 1. The fraction of sp³-hybridized carbons (Fsp3) is 0.435. The molecule has 0 aliphatic carbocycles. The number of nitrogens with zero attached hydrogens (tertiary/aromatic N) is 2. The summed E-state index contributed by atoms with van der Waals surface area (Å²) in [6.07, 6.45) is -0.442. The van der Waals surface area contributed by atoms with Crippen LogP contribution in [0.4, 0.5) is 0 Å². The summed E-state index contributed by atoms with van der Waals surface area (Å²) in [5.74, 6) is -0.0429. The molecule has 150 valence electrons. The second kappa shape index (κ2) is 11.0. The molecule has 0 saturated carbocycles. The molecule has 1 aliphatic heterocycles. The van der Waals surface area contributed by atoms with E-state index in [-0.39, 0.29) is 5.91 Å². The van der Waals surface area contributed by atoms with E-state index < -0.39 is 6.10 Å². The minimum atomic E-state index is -0.442. The van der Waals surface area contributed by atoms with Gasteiger partial charge in [0.25, 0.3) is 0 Å². The largest absolute Gasteiger partial charge is 0.364 e. The van der Waals surface area contributed by atoms with Crippen molar-refractivity contribution in [3.63, 3.8) is 0 Å². The molecule has 1 heterocycles. The topological polar surface area (TPSA) is 44.8 Å². The Morgan fingerprint density at radius 1 is 0.929 bits per heavy atom. The lowest BCUT2D eigenvalue weighted by molar-refractivity contribution is -0.132. The van der Waals surface area contributed by atoms with Gasteiger partial charge in [0.05, 0.1) is 6.61 Å². The van der Waals surface area contributed by atoms with Gasteiger partial charge in [0.15, 0.2) is 0 Å². The van der Waals surface area contributed by atoms with Gasteiger partial charge in [-0.05, 0) is 18.1 Å². The Bertz CT molecular complexity index is 700. The summed E-state index contributed by atoms with van der Waals surface area (Å²) in [5, 5.41) is 3.00. The number of piperazine rings is 1. The Balaban J connectivity index is 1.28. The molecule has 1 amide bonds. The summed E-state index contributed by atoms with van der Waals surface area (Å²) in [6, 6.07) is 20.5. The van der Waals surface area contributed by atoms with Crippen LogP contribution in [0.2, 0.25) is 0 Å². The van der Waals surface area contributed by atoms with Gasteiger partial charge in [0.2, 0.25) is 5.91 Å². The molecule has 1 atom stereocenters. The van der Waals surface area contributed by atoms with Crippen LogP contribution in [-0.4, -0.2) is 61.1 Å². The van der Waals surface area contributed by atoms with Crippen LogP contribution in [0, 0.1) is 0 Å². The van der Waals surface area contributed by atoms with Gasteiger partial charge in [-0.2, -0.15) is 0 Å². The quantitative estimate of drug-likeness (QED) is 0.725. The van der Waals surface area contributed by atoms with Gasteiger partial charge in [0, 0.05) is 45.8 Å². The Morgan fingerprint density at radius 3 is 2.14 bits per heavy atom. The molecule has 5 nitrogen and oxygen atoms in total. The van der Waals surface area contributed by atoms with Crippen LogP contribution in [0.5, 0.6) is 0 Å². The molecule has 1 N–H and O–H groups in total. The van der Waals surface area contributed by atoms with Crippen LogP contribution < -0.4 is 5.32 Å². The van der Waals surface area contributed by atoms with Gasteiger partial charge in [-0.3, -0.25) is 14.6 Å². The van der Waals surface area contributed by atoms with Crippen molar-refractivity contribution in [1.29, 1.82) is 0 Å².